The molecule has 0 heterocycles. The van der Waals surface area contributed by atoms with E-state index in [1.54, 1.807) is 14.2 Å². The average molecular weight is 540 g/mol. The molecule has 0 aliphatic rings. The first kappa shape index (κ1) is 26.7. The van der Waals surface area contributed by atoms with Gasteiger partial charge in [0.25, 0.3) is 0 Å². The summed E-state index contributed by atoms with van der Waals surface area (Å²) in [5, 5.41) is 6.28. The molecule has 0 aliphatic heterocycles. The van der Waals surface area contributed by atoms with Gasteiger partial charge in [-0.25, -0.2) is 0 Å². The van der Waals surface area contributed by atoms with Crippen LogP contribution in [0, 0.1) is 0 Å². The number of halogens is 1. The molecule has 0 bridgehead atoms. The van der Waals surface area contributed by atoms with Crippen molar-refractivity contribution >= 4 is 41.5 Å². The lowest BCUT2D eigenvalue weighted by Gasteiger charge is -2.22. The first-order valence-electron chi connectivity index (χ1n) is 10.2. The summed E-state index contributed by atoms with van der Waals surface area (Å²) >= 11 is 0. The van der Waals surface area contributed by atoms with Crippen LogP contribution in [0.4, 0.5) is 5.69 Å². The first-order valence-corrected chi connectivity index (χ1v) is 10.2. The number of carbonyl (C=O) groups is 1. The quantitative estimate of drug-likeness (QED) is 0.197. The molecule has 8 heteroatoms. The van der Waals surface area contributed by atoms with Crippen LogP contribution in [-0.2, 0) is 16.1 Å². The van der Waals surface area contributed by atoms with E-state index in [2.05, 4.69) is 15.6 Å². The second-order valence-corrected chi connectivity index (χ2v) is 6.67. The third kappa shape index (κ3) is 10.0. The van der Waals surface area contributed by atoms with E-state index in [0.717, 1.165) is 23.4 Å². The Morgan fingerprint density at radius 2 is 1.87 bits per heavy atom. The molecule has 7 nitrogen and oxygen atoms in total. The Bertz CT molecular complexity index is 802. The summed E-state index contributed by atoms with van der Waals surface area (Å²) in [7, 11) is 3.35. The predicted molar refractivity (Wildman–Crippen MR) is 136 cm³/mol. The lowest BCUT2D eigenvalue weighted by atomic mass is 10.2. The van der Waals surface area contributed by atoms with Crippen molar-refractivity contribution in [1.29, 1.82) is 0 Å². The zero-order valence-corrected chi connectivity index (χ0v) is 20.8. The van der Waals surface area contributed by atoms with Gasteiger partial charge in [-0.1, -0.05) is 36.4 Å². The summed E-state index contributed by atoms with van der Waals surface area (Å²) in [4.78, 5) is 18.6. The van der Waals surface area contributed by atoms with Crippen LogP contribution < -0.4 is 15.4 Å². The molecular formula is C23H33IN4O3. The summed E-state index contributed by atoms with van der Waals surface area (Å²) in [5.41, 5.74) is 1.94. The van der Waals surface area contributed by atoms with Gasteiger partial charge in [-0.2, -0.15) is 0 Å². The number of likely N-dealkylation sites (N-methyl/N-ethyl adjacent to an activating group) is 1. The molecule has 0 aliphatic carbocycles. The number of nitrogens with one attached hydrogen (secondary N) is 2. The zero-order chi connectivity index (χ0) is 21.6. The maximum atomic E-state index is 12.6. The maximum absolute atomic E-state index is 12.6. The normalized spacial score (nSPS) is 10.7. The Morgan fingerprint density at radius 1 is 1.10 bits per heavy atom. The van der Waals surface area contributed by atoms with Crippen molar-refractivity contribution in [3.63, 3.8) is 0 Å². The summed E-state index contributed by atoms with van der Waals surface area (Å²) in [5.74, 6) is 1.30. The van der Waals surface area contributed by atoms with Crippen molar-refractivity contribution < 1.29 is 14.3 Å². The fourth-order valence-electron chi connectivity index (χ4n) is 2.82. The molecule has 0 spiro atoms. The molecule has 0 saturated heterocycles. The molecule has 1 amide bonds. The minimum absolute atomic E-state index is 0. The molecule has 31 heavy (non-hydrogen) atoms. The van der Waals surface area contributed by atoms with Crippen LogP contribution in [0.1, 0.15) is 18.9 Å². The fraction of sp³-hybridized carbons (Fsp3) is 0.391. The lowest BCUT2D eigenvalue weighted by Crippen LogP contribution is -2.41. The molecular weight excluding hydrogens is 507 g/mol. The van der Waals surface area contributed by atoms with Crippen molar-refractivity contribution in [2.75, 3.05) is 45.8 Å². The van der Waals surface area contributed by atoms with E-state index in [0.29, 0.717) is 32.3 Å². The van der Waals surface area contributed by atoms with E-state index in [9.17, 15) is 4.79 Å². The van der Waals surface area contributed by atoms with Gasteiger partial charge in [0.15, 0.2) is 5.96 Å². The number of guanidine groups is 1. The Balaban J connectivity index is 0.00000480. The molecule has 0 unspecified atom stereocenters. The van der Waals surface area contributed by atoms with Crippen molar-refractivity contribution in [2.24, 2.45) is 4.99 Å². The topological polar surface area (TPSA) is 75.2 Å². The molecule has 2 N–H and O–H groups in total. The molecule has 0 saturated carbocycles. The third-order valence-electron chi connectivity index (χ3n) is 4.44. The summed E-state index contributed by atoms with van der Waals surface area (Å²) < 4.78 is 10.8. The molecule has 2 aromatic carbocycles. The highest BCUT2D eigenvalue weighted by Gasteiger charge is 2.13. The van der Waals surface area contributed by atoms with Crippen molar-refractivity contribution in [3.05, 3.63) is 60.2 Å². The monoisotopic (exact) mass is 540 g/mol. The Hall–Kier alpha value is -2.33. The Morgan fingerprint density at radius 3 is 2.55 bits per heavy atom. The van der Waals surface area contributed by atoms with Crippen LogP contribution in [0.25, 0.3) is 0 Å². The molecule has 0 radical (unpaired) electrons. The van der Waals surface area contributed by atoms with Gasteiger partial charge in [-0.3, -0.25) is 9.79 Å². The number of hydrogen-bond acceptors (Lipinski definition) is 4. The number of anilines is 1. The van der Waals surface area contributed by atoms with Gasteiger partial charge in [0, 0.05) is 52.0 Å². The SMILES string of the molecule is CCN(Cc1ccccc1)C(=O)CNC(=NC)Nc1cccc(OCCCOC)c1.I. The van der Waals surface area contributed by atoms with Crippen LogP contribution in [0.2, 0.25) is 0 Å². The van der Waals surface area contributed by atoms with Crippen LogP contribution in [-0.4, -0.2) is 57.2 Å². The van der Waals surface area contributed by atoms with E-state index < -0.39 is 0 Å². The number of ether oxygens (including phenoxy) is 2. The summed E-state index contributed by atoms with van der Waals surface area (Å²) in [6.45, 7) is 4.63. The number of methoxy groups -OCH3 is 1. The second kappa shape index (κ2) is 15.5. The summed E-state index contributed by atoms with van der Waals surface area (Å²) in [6, 6.07) is 17.6. The van der Waals surface area contributed by atoms with Crippen molar-refractivity contribution in [3.8, 4) is 5.75 Å². The van der Waals surface area contributed by atoms with Gasteiger partial charge in [0.1, 0.15) is 5.75 Å². The van der Waals surface area contributed by atoms with Crippen LogP contribution in [0.5, 0.6) is 5.75 Å². The number of amides is 1. The number of benzene rings is 2. The van der Waals surface area contributed by atoms with Gasteiger partial charge in [-0.05, 0) is 24.6 Å². The van der Waals surface area contributed by atoms with E-state index in [4.69, 9.17) is 9.47 Å². The molecule has 170 valence electrons. The molecule has 0 atom stereocenters. The van der Waals surface area contributed by atoms with Gasteiger partial charge in [-0.15, -0.1) is 24.0 Å². The molecule has 0 aromatic heterocycles. The van der Waals surface area contributed by atoms with Gasteiger partial charge in [0.2, 0.25) is 5.91 Å². The zero-order valence-electron chi connectivity index (χ0n) is 18.5. The second-order valence-electron chi connectivity index (χ2n) is 6.67. The van der Waals surface area contributed by atoms with Crippen LogP contribution in [0.15, 0.2) is 59.6 Å². The van der Waals surface area contributed by atoms with Gasteiger partial charge < -0.3 is 25.0 Å². The van der Waals surface area contributed by atoms with E-state index in [-0.39, 0.29) is 36.4 Å². The standard InChI is InChI=1S/C23H32N4O3.HI/c1-4-27(18-19-10-6-5-7-11-19)22(28)17-25-23(24-2)26-20-12-8-13-21(16-20)30-15-9-14-29-3;/h5-8,10-13,16H,4,9,14-15,17-18H2,1-3H3,(H2,24,25,26);1H. The fourth-order valence-corrected chi connectivity index (χ4v) is 2.82. The van der Waals surface area contributed by atoms with Gasteiger partial charge >= 0.3 is 0 Å². The summed E-state index contributed by atoms with van der Waals surface area (Å²) in [6.07, 6.45) is 0.830. The van der Waals surface area contributed by atoms with E-state index in [1.807, 2.05) is 66.4 Å². The van der Waals surface area contributed by atoms with Crippen molar-refractivity contribution in [2.45, 2.75) is 19.9 Å². The Kier molecular flexibility index (Phi) is 13.3. The maximum Gasteiger partial charge on any atom is 0.242 e. The molecule has 0 fully saturated rings. The largest absolute Gasteiger partial charge is 0.493 e. The first-order chi connectivity index (χ1) is 14.7. The number of nitrogens with zero attached hydrogens (tertiary/aromatic N) is 2. The lowest BCUT2D eigenvalue weighted by molar-refractivity contribution is -0.130. The highest BCUT2D eigenvalue weighted by Crippen LogP contribution is 2.17. The number of rotatable bonds is 11. The van der Waals surface area contributed by atoms with E-state index >= 15 is 0 Å². The predicted octanol–water partition coefficient (Wildman–Crippen LogP) is 3.76. The number of aliphatic imine (C=N–C) groups is 1. The third-order valence-corrected chi connectivity index (χ3v) is 4.44. The average Bonchev–Trinajstić information content (AvgIpc) is 2.78. The van der Waals surface area contributed by atoms with Crippen LogP contribution in [0.3, 0.4) is 0 Å². The highest BCUT2D eigenvalue weighted by molar-refractivity contribution is 14.0. The van der Waals surface area contributed by atoms with Crippen LogP contribution >= 0.6 is 24.0 Å². The smallest absolute Gasteiger partial charge is 0.242 e. The minimum Gasteiger partial charge on any atom is -0.493 e. The minimum atomic E-state index is 0. The van der Waals surface area contributed by atoms with Gasteiger partial charge in [0.05, 0.1) is 13.2 Å². The van der Waals surface area contributed by atoms with Crippen molar-refractivity contribution in [1.82, 2.24) is 10.2 Å². The number of hydrogen-bond donors (Lipinski definition) is 2. The molecule has 2 rings (SSSR count). The molecule has 2 aromatic rings. The highest BCUT2D eigenvalue weighted by atomic mass is 127. The number of carbonyl (C=O) groups excluding carboxylic acids is 1. The van der Waals surface area contributed by atoms with E-state index in [1.165, 1.54) is 0 Å². The Labute approximate surface area is 202 Å².